The molecule has 0 aliphatic carbocycles. The van der Waals surface area contributed by atoms with Gasteiger partial charge in [-0.25, -0.2) is 8.78 Å². The van der Waals surface area contributed by atoms with Crippen LogP contribution in [0.15, 0.2) is 30.5 Å². The number of benzene rings is 2. The Labute approximate surface area is 285 Å². The number of halogens is 2. The van der Waals surface area contributed by atoms with Gasteiger partial charge in [0.2, 0.25) is 0 Å². The van der Waals surface area contributed by atoms with E-state index in [4.69, 9.17) is 23.9 Å². The Morgan fingerprint density at radius 2 is 1.86 bits per heavy atom. The molecule has 49 heavy (non-hydrogen) atoms. The fraction of sp³-hybridized carbons (Fsp3) is 0.541. The smallest absolute Gasteiger partial charge is 0.319 e. The highest BCUT2D eigenvalue weighted by atomic mass is 19.1. The fourth-order valence-corrected chi connectivity index (χ4v) is 8.33. The number of ether oxygens (including phenoxy) is 4. The summed E-state index contributed by atoms with van der Waals surface area (Å²) in [5.74, 6) is -0.149. The quantitative estimate of drug-likeness (QED) is 0.189. The lowest BCUT2D eigenvalue weighted by atomic mass is 9.94. The summed E-state index contributed by atoms with van der Waals surface area (Å²) < 4.78 is 55.1. The second kappa shape index (κ2) is 13.5. The van der Waals surface area contributed by atoms with Crippen molar-refractivity contribution in [2.75, 3.05) is 58.8 Å². The minimum atomic E-state index is -0.936. The van der Waals surface area contributed by atoms with Crippen LogP contribution in [-0.2, 0) is 15.9 Å². The topological polar surface area (TPSA) is 102 Å². The molecule has 3 aliphatic rings. The predicted molar refractivity (Wildman–Crippen MR) is 183 cm³/mol. The molecule has 0 radical (unpaired) electrons. The average Bonchev–Trinajstić information content (AvgIpc) is 3.66. The molecule has 3 fully saturated rings. The van der Waals surface area contributed by atoms with E-state index >= 15 is 8.78 Å². The first-order valence-electron chi connectivity index (χ1n) is 17.3. The molecule has 0 bridgehead atoms. The zero-order valence-corrected chi connectivity index (χ0v) is 28.7. The first-order chi connectivity index (χ1) is 23.7. The number of piperidine rings is 1. The Morgan fingerprint density at radius 1 is 1.02 bits per heavy atom. The molecule has 0 saturated carbocycles. The van der Waals surface area contributed by atoms with Crippen molar-refractivity contribution in [2.24, 2.45) is 0 Å². The summed E-state index contributed by atoms with van der Waals surface area (Å²) in [7, 11) is 3.25. The summed E-state index contributed by atoms with van der Waals surface area (Å²) in [5, 5.41) is 12.7. The van der Waals surface area contributed by atoms with Gasteiger partial charge in [-0.3, -0.25) is 9.88 Å². The number of hydrogen-bond donors (Lipinski definition) is 1. The summed E-state index contributed by atoms with van der Waals surface area (Å²) in [4.78, 5) is 18.6. The van der Waals surface area contributed by atoms with Crippen LogP contribution in [0.2, 0.25) is 0 Å². The molecule has 2 aromatic heterocycles. The Kier molecular flexibility index (Phi) is 9.33. The minimum Gasteiger partial charge on any atom is -0.468 e. The van der Waals surface area contributed by atoms with Crippen molar-refractivity contribution in [3.63, 3.8) is 0 Å². The molecule has 3 saturated heterocycles. The third-order valence-corrected chi connectivity index (χ3v) is 10.6. The van der Waals surface area contributed by atoms with Crippen LogP contribution in [0.4, 0.5) is 14.6 Å². The van der Waals surface area contributed by atoms with Gasteiger partial charge in [0, 0.05) is 45.1 Å². The van der Waals surface area contributed by atoms with E-state index in [0.29, 0.717) is 84.0 Å². The maximum Gasteiger partial charge on any atom is 0.319 e. The molecule has 2 aromatic carbocycles. The number of hydrogen-bond acceptors (Lipinski definition) is 10. The number of pyridine rings is 1. The van der Waals surface area contributed by atoms with Crippen molar-refractivity contribution >= 4 is 27.5 Å². The van der Waals surface area contributed by atoms with Gasteiger partial charge in [-0.15, -0.1) is 0 Å². The number of aliphatic hydroxyl groups is 1. The normalized spacial score (nSPS) is 24.2. The lowest BCUT2D eigenvalue weighted by Crippen LogP contribution is -2.48. The van der Waals surface area contributed by atoms with E-state index in [2.05, 4.69) is 14.9 Å². The van der Waals surface area contributed by atoms with Gasteiger partial charge in [0.05, 0.1) is 23.1 Å². The zero-order valence-electron chi connectivity index (χ0n) is 28.7. The first-order valence-corrected chi connectivity index (χ1v) is 17.3. The molecule has 1 N–H and O–H groups in total. The van der Waals surface area contributed by atoms with Gasteiger partial charge in [-0.05, 0) is 92.9 Å². The van der Waals surface area contributed by atoms with Crippen LogP contribution >= 0.6 is 0 Å². The number of methoxy groups -OCH3 is 2. The summed E-state index contributed by atoms with van der Waals surface area (Å²) in [6, 6.07) is 6.94. The standard InChI is InChI=1S/C37H45F2N5O5/c1-5-26-29(38)9-8-23-16-25(49-22-47-4)17-27(30(23)26)32-31(39)33-28(18-40-32)34(43-14-6-11-36(2,45)20-43)42-35(41-33)48-21-37-12-7-15-44(37)24(10-13-37)19-46-3/h8-9,16-18,24,45H,5-7,10-15,19-22H2,1-4H3/t24-,36+,37-/m0/s1. The van der Waals surface area contributed by atoms with E-state index in [1.165, 1.54) is 13.2 Å². The molecule has 7 rings (SSSR count). The Bertz CT molecular complexity index is 1860. The van der Waals surface area contributed by atoms with Gasteiger partial charge in [0.15, 0.2) is 12.6 Å². The van der Waals surface area contributed by atoms with E-state index in [9.17, 15) is 5.11 Å². The second-order valence-electron chi connectivity index (χ2n) is 14.0. The minimum absolute atomic E-state index is 0.0115. The van der Waals surface area contributed by atoms with Gasteiger partial charge < -0.3 is 29.0 Å². The molecule has 0 spiro atoms. The van der Waals surface area contributed by atoms with Gasteiger partial charge in [-0.1, -0.05) is 13.0 Å². The highest BCUT2D eigenvalue weighted by Gasteiger charge is 2.49. The molecule has 3 aliphatic heterocycles. The molecule has 4 aromatic rings. The third-order valence-electron chi connectivity index (χ3n) is 10.6. The van der Waals surface area contributed by atoms with Crippen LogP contribution in [0.1, 0.15) is 57.9 Å². The lowest BCUT2D eigenvalue weighted by molar-refractivity contribution is 0.0445. The number of nitrogens with zero attached hydrogens (tertiary/aromatic N) is 5. The maximum absolute atomic E-state index is 17.1. The Hall–Kier alpha value is -3.71. The van der Waals surface area contributed by atoms with Crippen molar-refractivity contribution in [2.45, 2.75) is 76.0 Å². The summed E-state index contributed by atoms with van der Waals surface area (Å²) in [5.41, 5.74) is -0.183. The molecule has 12 heteroatoms. The van der Waals surface area contributed by atoms with E-state index in [1.807, 2.05) is 11.8 Å². The van der Waals surface area contributed by atoms with Crippen LogP contribution in [0.3, 0.4) is 0 Å². The number of β-amino-alcohol motifs (C(OH)–C–C–N with tert-alkyl or cyclic N) is 1. The van der Waals surface area contributed by atoms with Crippen LogP contribution in [0.5, 0.6) is 11.8 Å². The zero-order chi connectivity index (χ0) is 34.3. The van der Waals surface area contributed by atoms with Crippen molar-refractivity contribution < 1.29 is 32.8 Å². The van der Waals surface area contributed by atoms with E-state index < -0.39 is 11.4 Å². The number of fused-ring (bicyclic) bond motifs is 3. The van der Waals surface area contributed by atoms with E-state index in [0.717, 1.165) is 38.6 Å². The molecule has 10 nitrogen and oxygen atoms in total. The number of anilines is 1. The fourth-order valence-electron chi connectivity index (χ4n) is 8.33. The first kappa shape index (κ1) is 33.8. The Balaban J connectivity index is 1.36. The van der Waals surface area contributed by atoms with Gasteiger partial charge in [0.25, 0.3) is 0 Å². The molecule has 5 heterocycles. The highest BCUT2D eigenvalue weighted by molar-refractivity contribution is 6.01. The summed E-state index contributed by atoms with van der Waals surface area (Å²) in [6.45, 7) is 6.63. The van der Waals surface area contributed by atoms with Gasteiger partial charge in [0.1, 0.15) is 35.2 Å². The maximum atomic E-state index is 17.1. The van der Waals surface area contributed by atoms with E-state index in [1.54, 1.807) is 38.4 Å². The SMILES string of the molecule is CCc1c(F)ccc2cc(OCOC)cc(-c3ncc4c(N5CCC[C@@](C)(O)C5)nc(OC[C@@]56CCCN5[C@H](COC)CC6)nc4c3F)c12. The molecule has 0 amide bonds. The predicted octanol–water partition coefficient (Wildman–Crippen LogP) is 6.04. The number of aromatic nitrogens is 3. The van der Waals surface area contributed by atoms with Crippen LogP contribution in [0.25, 0.3) is 32.9 Å². The largest absolute Gasteiger partial charge is 0.468 e. The molecule has 0 unspecified atom stereocenters. The van der Waals surface area contributed by atoms with E-state index in [-0.39, 0.29) is 35.4 Å². The monoisotopic (exact) mass is 677 g/mol. The van der Waals surface area contributed by atoms with Crippen molar-refractivity contribution in [3.8, 4) is 23.0 Å². The van der Waals surface area contributed by atoms with Crippen molar-refractivity contribution in [3.05, 3.63) is 47.7 Å². The number of aryl methyl sites for hydroxylation is 1. The van der Waals surface area contributed by atoms with Crippen molar-refractivity contribution in [1.29, 1.82) is 0 Å². The molecular weight excluding hydrogens is 632 g/mol. The Morgan fingerprint density at radius 3 is 2.63 bits per heavy atom. The highest BCUT2D eigenvalue weighted by Crippen LogP contribution is 2.44. The van der Waals surface area contributed by atoms with Crippen LogP contribution < -0.4 is 14.4 Å². The third kappa shape index (κ3) is 6.28. The van der Waals surface area contributed by atoms with Gasteiger partial charge in [-0.2, -0.15) is 9.97 Å². The number of rotatable bonds is 11. The van der Waals surface area contributed by atoms with Crippen molar-refractivity contribution in [1.82, 2.24) is 19.9 Å². The summed E-state index contributed by atoms with van der Waals surface area (Å²) in [6.07, 6.45) is 7.42. The van der Waals surface area contributed by atoms with Crippen LogP contribution in [-0.4, -0.2) is 96.0 Å². The lowest BCUT2D eigenvalue weighted by Gasteiger charge is -2.38. The molecule has 262 valence electrons. The molecular formula is C37H45F2N5O5. The molecule has 3 atom stereocenters. The van der Waals surface area contributed by atoms with Gasteiger partial charge >= 0.3 is 6.01 Å². The summed E-state index contributed by atoms with van der Waals surface area (Å²) >= 11 is 0. The van der Waals surface area contributed by atoms with Crippen LogP contribution in [0, 0.1) is 11.6 Å². The second-order valence-corrected chi connectivity index (χ2v) is 14.0. The average molecular weight is 678 g/mol.